The van der Waals surface area contributed by atoms with E-state index < -0.39 is 9.84 Å². The van der Waals surface area contributed by atoms with Gasteiger partial charge in [-0.15, -0.1) is 11.3 Å². The van der Waals surface area contributed by atoms with E-state index in [0.29, 0.717) is 30.4 Å². The normalized spacial score (nSPS) is 15.5. The van der Waals surface area contributed by atoms with E-state index in [-0.39, 0.29) is 28.0 Å². The third kappa shape index (κ3) is 4.54. The van der Waals surface area contributed by atoms with Crippen molar-refractivity contribution in [3.63, 3.8) is 0 Å². The fourth-order valence-corrected chi connectivity index (χ4v) is 6.70. The van der Waals surface area contributed by atoms with Gasteiger partial charge in [-0.1, -0.05) is 36.4 Å². The van der Waals surface area contributed by atoms with Crippen LogP contribution in [0.5, 0.6) is 11.5 Å². The number of benzene rings is 2. The molecule has 1 aliphatic rings. The maximum absolute atomic E-state index is 13.3. The number of carbonyl (C=O) groups excluding carboxylic acids is 1. The second-order valence-corrected chi connectivity index (χ2v) is 10.5. The van der Waals surface area contributed by atoms with Crippen molar-refractivity contribution < 1.29 is 22.7 Å². The number of carbonyl (C=O) groups is 1. The van der Waals surface area contributed by atoms with Crippen LogP contribution in [0.2, 0.25) is 0 Å². The van der Waals surface area contributed by atoms with Gasteiger partial charge in [-0.3, -0.25) is 4.79 Å². The van der Waals surface area contributed by atoms with E-state index >= 15 is 0 Å². The Bertz CT molecular complexity index is 1290. The number of fused-ring (bicyclic) bond motifs is 1. The second-order valence-electron chi connectivity index (χ2n) is 7.70. The zero-order chi connectivity index (χ0) is 23.6. The summed E-state index contributed by atoms with van der Waals surface area (Å²) in [7, 11) is -3.78. The van der Waals surface area contributed by atoms with Gasteiger partial charge in [0.2, 0.25) is 15.7 Å². The minimum Gasteiger partial charge on any atom is -0.490 e. The van der Waals surface area contributed by atoms with E-state index in [9.17, 15) is 13.2 Å². The average Bonchev–Trinajstić information content (AvgIpc) is 3.23. The van der Waals surface area contributed by atoms with E-state index in [1.807, 2.05) is 32.0 Å². The Morgan fingerprint density at radius 1 is 1.15 bits per heavy atom. The molecule has 4 rings (SSSR count). The molecule has 3 aromatic rings. The smallest absolute Gasteiger partial charge is 0.225 e. The molecule has 0 spiro atoms. The Morgan fingerprint density at radius 3 is 2.61 bits per heavy atom. The molecule has 6 nitrogen and oxygen atoms in total. The Morgan fingerprint density at radius 2 is 1.91 bits per heavy atom. The molecule has 0 radical (unpaired) electrons. The first-order valence-electron chi connectivity index (χ1n) is 10.6. The highest BCUT2D eigenvalue weighted by Crippen LogP contribution is 2.47. The van der Waals surface area contributed by atoms with Crippen LogP contribution in [0.3, 0.4) is 0 Å². The molecule has 0 bridgehead atoms. The molecule has 33 heavy (non-hydrogen) atoms. The highest BCUT2D eigenvalue weighted by molar-refractivity contribution is 7.91. The molecule has 1 aromatic heterocycles. The zero-order valence-corrected chi connectivity index (χ0v) is 20.1. The van der Waals surface area contributed by atoms with Crippen molar-refractivity contribution in [3.8, 4) is 11.5 Å². The van der Waals surface area contributed by atoms with E-state index in [1.165, 1.54) is 11.3 Å². The van der Waals surface area contributed by atoms with Gasteiger partial charge in [0, 0.05) is 22.6 Å². The average molecular weight is 484 g/mol. The molecule has 2 heterocycles. The first-order valence-corrected chi connectivity index (χ1v) is 12.9. The van der Waals surface area contributed by atoms with Crippen molar-refractivity contribution in [2.45, 2.75) is 36.0 Å². The van der Waals surface area contributed by atoms with E-state index in [0.717, 1.165) is 16.0 Å². The van der Waals surface area contributed by atoms with Crippen LogP contribution in [0.1, 0.15) is 35.3 Å². The molecule has 0 fully saturated rings. The number of nitrogens with one attached hydrogen (secondary N) is 1. The second kappa shape index (κ2) is 9.41. The van der Waals surface area contributed by atoms with Gasteiger partial charge in [0.25, 0.3) is 0 Å². The molecule has 0 unspecified atom stereocenters. The highest BCUT2D eigenvalue weighted by atomic mass is 32.2. The summed E-state index contributed by atoms with van der Waals surface area (Å²) >= 11 is 1.34. The molecule has 0 aliphatic carbocycles. The first-order chi connectivity index (χ1) is 15.8. The topological polar surface area (TPSA) is 81.7 Å². The van der Waals surface area contributed by atoms with Crippen LogP contribution in [0.25, 0.3) is 0 Å². The number of hydrogen-bond donors (Lipinski definition) is 1. The van der Waals surface area contributed by atoms with Crippen molar-refractivity contribution in [1.82, 2.24) is 0 Å². The van der Waals surface area contributed by atoms with Crippen molar-refractivity contribution in [3.05, 3.63) is 76.5 Å². The van der Waals surface area contributed by atoms with Crippen LogP contribution in [-0.2, 0) is 14.6 Å². The monoisotopic (exact) mass is 483 g/mol. The molecular formula is C25H25NO5S2. The van der Waals surface area contributed by atoms with Crippen LogP contribution < -0.4 is 14.8 Å². The Labute approximate surface area is 197 Å². The molecule has 1 amide bonds. The van der Waals surface area contributed by atoms with Gasteiger partial charge in [-0.25, -0.2) is 8.42 Å². The predicted octanol–water partition coefficient (Wildman–Crippen LogP) is 5.33. The molecule has 2 aromatic carbocycles. The maximum Gasteiger partial charge on any atom is 0.225 e. The number of hydrogen-bond acceptors (Lipinski definition) is 6. The van der Waals surface area contributed by atoms with Crippen molar-refractivity contribution >= 4 is 32.8 Å². The highest BCUT2D eigenvalue weighted by Gasteiger charge is 2.34. The van der Waals surface area contributed by atoms with Crippen molar-refractivity contribution in [1.29, 1.82) is 0 Å². The Kier molecular flexibility index (Phi) is 6.58. The number of sulfone groups is 1. The Balaban J connectivity index is 1.76. The molecule has 1 N–H and O–H groups in total. The minimum atomic E-state index is -3.78. The van der Waals surface area contributed by atoms with E-state index in [4.69, 9.17) is 9.47 Å². The summed E-state index contributed by atoms with van der Waals surface area (Å²) in [6, 6.07) is 12.3. The number of aryl methyl sites for hydroxylation is 1. The molecular weight excluding hydrogens is 458 g/mol. The summed E-state index contributed by atoms with van der Waals surface area (Å²) in [6.07, 6.45) is 1.87. The van der Waals surface area contributed by atoms with Gasteiger partial charge in [-0.2, -0.15) is 0 Å². The molecule has 172 valence electrons. The zero-order valence-electron chi connectivity index (χ0n) is 18.5. The SMILES string of the molecule is C=CCOc1ccc([C@H]2CC(=O)Nc3c(S(=O)(=O)c4ccc(C)cc4)csc32)cc1OCC. The minimum absolute atomic E-state index is 0.125. The van der Waals surface area contributed by atoms with Crippen LogP contribution >= 0.6 is 11.3 Å². The summed E-state index contributed by atoms with van der Waals surface area (Å²) in [5.74, 6) is 0.660. The Hall–Kier alpha value is -3.10. The van der Waals surface area contributed by atoms with Crippen LogP contribution in [0.4, 0.5) is 5.69 Å². The van der Waals surface area contributed by atoms with Crippen molar-refractivity contribution in [2.75, 3.05) is 18.5 Å². The number of anilines is 1. The number of thiophene rings is 1. The van der Waals surface area contributed by atoms with Gasteiger partial charge < -0.3 is 14.8 Å². The van der Waals surface area contributed by atoms with Gasteiger partial charge in [0.05, 0.1) is 17.2 Å². The third-order valence-electron chi connectivity index (χ3n) is 5.40. The maximum atomic E-state index is 13.3. The molecule has 1 aliphatic heterocycles. The molecule has 0 saturated carbocycles. The van der Waals surface area contributed by atoms with Gasteiger partial charge in [-0.05, 0) is 43.7 Å². The molecule has 8 heteroatoms. The predicted molar refractivity (Wildman–Crippen MR) is 129 cm³/mol. The fourth-order valence-electron chi connectivity index (χ4n) is 3.79. The van der Waals surface area contributed by atoms with E-state index in [2.05, 4.69) is 11.9 Å². The number of rotatable bonds is 8. The van der Waals surface area contributed by atoms with Gasteiger partial charge in [0.1, 0.15) is 11.5 Å². The number of ether oxygens (including phenoxy) is 2. The quantitative estimate of drug-likeness (QED) is 0.438. The summed E-state index contributed by atoms with van der Waals surface area (Å²) in [5.41, 5.74) is 2.20. The van der Waals surface area contributed by atoms with Gasteiger partial charge >= 0.3 is 0 Å². The lowest BCUT2D eigenvalue weighted by Gasteiger charge is -2.24. The third-order valence-corrected chi connectivity index (χ3v) is 8.44. The number of amides is 1. The first kappa shape index (κ1) is 23.1. The lowest BCUT2D eigenvalue weighted by molar-refractivity contribution is -0.116. The van der Waals surface area contributed by atoms with Crippen LogP contribution in [0, 0.1) is 6.92 Å². The van der Waals surface area contributed by atoms with Crippen molar-refractivity contribution in [2.24, 2.45) is 0 Å². The summed E-state index contributed by atoms with van der Waals surface area (Å²) in [6.45, 7) is 8.26. The lowest BCUT2D eigenvalue weighted by Crippen LogP contribution is -2.23. The van der Waals surface area contributed by atoms with Crippen LogP contribution in [0.15, 0.2) is 70.3 Å². The molecule has 1 atom stereocenters. The lowest BCUT2D eigenvalue weighted by atomic mass is 9.90. The van der Waals surface area contributed by atoms with Gasteiger partial charge in [0.15, 0.2) is 11.5 Å². The van der Waals surface area contributed by atoms with Crippen LogP contribution in [-0.4, -0.2) is 27.5 Å². The van der Waals surface area contributed by atoms with E-state index in [1.54, 1.807) is 35.7 Å². The fraction of sp³-hybridized carbons (Fsp3) is 0.240. The summed E-state index contributed by atoms with van der Waals surface area (Å²) in [5, 5.41) is 4.41. The summed E-state index contributed by atoms with van der Waals surface area (Å²) < 4.78 is 38.1. The summed E-state index contributed by atoms with van der Waals surface area (Å²) in [4.78, 5) is 13.8. The largest absolute Gasteiger partial charge is 0.490 e. The molecule has 0 saturated heterocycles. The standard InChI is InChI=1S/C25H25NO5S2/c1-4-12-31-20-11-8-17(13-21(20)30-5-2)19-14-23(27)26-24-22(15-32-25(19)24)33(28,29)18-9-6-16(3)7-10-18/h4,6-11,13,15,19H,1,5,12,14H2,2-3H3,(H,26,27)/t19-/m1/s1.